The SMILES string of the molecule is Cc1cc(C)cc(N2c3cc4c(cc3C(C)(C)c3c2ccc2cc(C=C5C(=O)c6ccccc6C5=O)ccc32)-c2ccccc2C4(C)C)c1. The van der Waals surface area contributed by atoms with E-state index in [2.05, 4.69) is 125 Å². The number of hydrogen-bond acceptors (Lipinski definition) is 3. The first-order valence-electron chi connectivity index (χ1n) is 17.1. The highest BCUT2D eigenvalue weighted by atomic mass is 16.2. The summed E-state index contributed by atoms with van der Waals surface area (Å²) in [4.78, 5) is 28.9. The van der Waals surface area contributed by atoms with Crippen molar-refractivity contribution in [3.8, 4) is 11.1 Å². The third-order valence-corrected chi connectivity index (χ3v) is 11.2. The third-order valence-electron chi connectivity index (χ3n) is 11.2. The Hall–Kier alpha value is -5.54. The zero-order chi connectivity index (χ0) is 34.0. The van der Waals surface area contributed by atoms with Crippen molar-refractivity contribution in [3.63, 3.8) is 0 Å². The topological polar surface area (TPSA) is 37.4 Å². The molecule has 0 unspecified atom stereocenters. The molecule has 0 amide bonds. The Balaban J connectivity index is 1.27. The minimum absolute atomic E-state index is 0.114. The molecule has 6 aromatic carbocycles. The summed E-state index contributed by atoms with van der Waals surface area (Å²) >= 11 is 0. The minimum atomic E-state index is -0.324. The molecule has 0 saturated heterocycles. The van der Waals surface area contributed by atoms with Crippen LogP contribution in [0.5, 0.6) is 0 Å². The third kappa shape index (κ3) is 4.08. The van der Waals surface area contributed by atoms with Crippen molar-refractivity contribution in [3.05, 3.63) is 165 Å². The Morgan fingerprint density at radius 3 is 1.90 bits per heavy atom. The number of rotatable bonds is 2. The van der Waals surface area contributed by atoms with Crippen molar-refractivity contribution in [2.45, 2.75) is 52.4 Å². The van der Waals surface area contributed by atoms with Gasteiger partial charge in [-0.2, -0.15) is 0 Å². The van der Waals surface area contributed by atoms with Crippen LogP contribution in [0.3, 0.4) is 0 Å². The van der Waals surface area contributed by atoms with Crippen LogP contribution in [0.4, 0.5) is 17.1 Å². The van der Waals surface area contributed by atoms with Crippen LogP contribution >= 0.6 is 0 Å². The number of hydrogen-bond donors (Lipinski definition) is 0. The van der Waals surface area contributed by atoms with E-state index >= 15 is 0 Å². The molecule has 3 heteroatoms. The molecule has 0 radical (unpaired) electrons. The lowest BCUT2D eigenvalue weighted by molar-refractivity contribution is 0.0990. The smallest absolute Gasteiger partial charge is 0.197 e. The lowest BCUT2D eigenvalue weighted by Crippen LogP contribution is -2.31. The quantitative estimate of drug-likeness (QED) is 0.140. The number of carbonyl (C=O) groups excluding carboxylic acids is 2. The molecule has 6 aromatic rings. The maximum Gasteiger partial charge on any atom is 0.197 e. The van der Waals surface area contributed by atoms with Crippen molar-refractivity contribution >= 4 is 45.5 Å². The van der Waals surface area contributed by atoms with Gasteiger partial charge >= 0.3 is 0 Å². The number of anilines is 3. The summed E-state index contributed by atoms with van der Waals surface area (Å²) in [6.45, 7) is 13.7. The van der Waals surface area contributed by atoms with Gasteiger partial charge in [-0.15, -0.1) is 0 Å². The van der Waals surface area contributed by atoms with E-state index in [-0.39, 0.29) is 28.0 Å². The number of carbonyl (C=O) groups is 2. The molecule has 0 spiro atoms. The fourth-order valence-corrected chi connectivity index (χ4v) is 8.88. The van der Waals surface area contributed by atoms with Gasteiger partial charge in [-0.3, -0.25) is 9.59 Å². The molecule has 3 nitrogen and oxygen atoms in total. The average molecular weight is 636 g/mol. The first kappa shape index (κ1) is 29.6. The molecule has 0 fully saturated rings. The Morgan fingerprint density at radius 1 is 0.551 bits per heavy atom. The van der Waals surface area contributed by atoms with Gasteiger partial charge in [0.25, 0.3) is 0 Å². The minimum Gasteiger partial charge on any atom is -0.310 e. The first-order chi connectivity index (χ1) is 23.4. The zero-order valence-electron chi connectivity index (χ0n) is 28.7. The molecule has 2 aliphatic carbocycles. The van der Waals surface area contributed by atoms with Crippen LogP contribution in [0.2, 0.25) is 0 Å². The summed E-state index contributed by atoms with van der Waals surface area (Å²) < 4.78 is 0. The van der Waals surface area contributed by atoms with Crippen molar-refractivity contribution in [2.75, 3.05) is 4.90 Å². The molecule has 0 N–H and O–H groups in total. The van der Waals surface area contributed by atoms with E-state index in [4.69, 9.17) is 0 Å². The summed E-state index contributed by atoms with van der Waals surface area (Å²) in [6, 6.07) is 38.5. The highest BCUT2D eigenvalue weighted by Gasteiger charge is 2.43. The van der Waals surface area contributed by atoms with E-state index in [9.17, 15) is 9.59 Å². The number of fused-ring (bicyclic) bond motifs is 8. The predicted octanol–water partition coefficient (Wildman–Crippen LogP) is 11.3. The average Bonchev–Trinajstić information content (AvgIpc) is 3.45. The van der Waals surface area contributed by atoms with Gasteiger partial charge < -0.3 is 4.90 Å². The van der Waals surface area contributed by atoms with Gasteiger partial charge in [-0.25, -0.2) is 0 Å². The molecule has 0 aromatic heterocycles. The molecule has 238 valence electrons. The van der Waals surface area contributed by atoms with Crippen LogP contribution in [0.15, 0.2) is 115 Å². The van der Waals surface area contributed by atoms with Gasteiger partial charge in [0.05, 0.1) is 16.9 Å². The van der Waals surface area contributed by atoms with Crippen molar-refractivity contribution < 1.29 is 9.59 Å². The summed E-state index contributed by atoms with van der Waals surface area (Å²) in [5.74, 6) is -0.407. The van der Waals surface area contributed by atoms with Crippen molar-refractivity contribution in [1.82, 2.24) is 0 Å². The fraction of sp³-hybridized carbons (Fsp3) is 0.174. The standard InChI is InChI=1S/C46H37NO2/c1-26-19-27(2)21-30(20-26)47-40-18-16-29-22-28(23-36-43(48)33-12-7-8-13-34(33)44(36)49)15-17-31(29)42(40)46(5,6)39-24-35-32-11-9-10-14-37(32)45(3,4)38(35)25-41(39)47/h7-25H,1-6H3. The molecule has 49 heavy (non-hydrogen) atoms. The normalized spacial score (nSPS) is 16.3. The highest BCUT2D eigenvalue weighted by Crippen LogP contribution is 2.58. The second kappa shape index (κ2) is 9.99. The number of ketones is 2. The van der Waals surface area contributed by atoms with Crippen LogP contribution in [-0.4, -0.2) is 11.6 Å². The van der Waals surface area contributed by atoms with Crippen molar-refractivity contribution in [2.24, 2.45) is 0 Å². The molecule has 0 saturated carbocycles. The molecule has 9 rings (SSSR count). The maximum atomic E-state index is 13.2. The summed E-state index contributed by atoms with van der Waals surface area (Å²) in [5, 5.41) is 2.24. The molecular weight excluding hydrogens is 599 g/mol. The van der Waals surface area contributed by atoms with Crippen LogP contribution in [-0.2, 0) is 10.8 Å². The molecule has 3 aliphatic rings. The Bertz CT molecular complexity index is 2450. The van der Waals surface area contributed by atoms with Crippen LogP contribution in [0.1, 0.15) is 87.4 Å². The largest absolute Gasteiger partial charge is 0.310 e. The van der Waals surface area contributed by atoms with E-state index in [1.807, 2.05) is 6.07 Å². The molecule has 1 aliphatic heterocycles. The Morgan fingerprint density at radius 2 is 1.20 bits per heavy atom. The lowest BCUT2D eigenvalue weighted by Gasteiger charge is -2.43. The van der Waals surface area contributed by atoms with Gasteiger partial charge in [0.1, 0.15) is 0 Å². The summed E-state index contributed by atoms with van der Waals surface area (Å²) in [5.41, 5.74) is 15.5. The van der Waals surface area contributed by atoms with Gasteiger partial charge in [0, 0.05) is 27.6 Å². The fourth-order valence-electron chi connectivity index (χ4n) is 8.88. The summed E-state index contributed by atoms with van der Waals surface area (Å²) in [7, 11) is 0. The number of allylic oxidation sites excluding steroid dienone is 1. The molecular formula is C46H37NO2. The molecule has 0 atom stereocenters. The van der Waals surface area contributed by atoms with Crippen molar-refractivity contribution in [1.29, 1.82) is 0 Å². The number of aryl methyl sites for hydroxylation is 2. The zero-order valence-corrected chi connectivity index (χ0v) is 28.7. The van der Waals surface area contributed by atoms with Gasteiger partial charge in [0.15, 0.2) is 11.6 Å². The van der Waals surface area contributed by atoms with Gasteiger partial charge in [-0.1, -0.05) is 100 Å². The van der Waals surface area contributed by atoms with Gasteiger partial charge in [-0.05, 0) is 117 Å². The second-order valence-electron chi connectivity index (χ2n) is 15.1. The second-order valence-corrected chi connectivity index (χ2v) is 15.1. The van der Waals surface area contributed by atoms with Crippen LogP contribution < -0.4 is 4.90 Å². The van der Waals surface area contributed by atoms with Crippen LogP contribution in [0, 0.1) is 13.8 Å². The summed E-state index contributed by atoms with van der Waals surface area (Å²) in [6.07, 6.45) is 1.76. The number of nitrogens with zero attached hydrogens (tertiary/aromatic N) is 1. The maximum absolute atomic E-state index is 13.2. The highest BCUT2D eigenvalue weighted by molar-refractivity contribution is 6.41. The molecule has 1 heterocycles. The molecule has 0 bridgehead atoms. The van der Waals surface area contributed by atoms with Crippen LogP contribution in [0.25, 0.3) is 28.0 Å². The van der Waals surface area contributed by atoms with E-state index < -0.39 is 0 Å². The van der Waals surface area contributed by atoms with E-state index in [0.29, 0.717) is 11.1 Å². The van der Waals surface area contributed by atoms with E-state index in [1.165, 1.54) is 61.3 Å². The number of benzene rings is 6. The van der Waals surface area contributed by atoms with Gasteiger partial charge in [0.2, 0.25) is 0 Å². The monoisotopic (exact) mass is 635 g/mol. The predicted molar refractivity (Wildman–Crippen MR) is 201 cm³/mol. The first-order valence-corrected chi connectivity index (χ1v) is 17.1. The Kier molecular flexibility index (Phi) is 6.03. The number of Topliss-reactive ketones (excluding diaryl/α,β-unsaturated/α-hetero) is 2. The Labute approximate surface area is 287 Å². The van der Waals surface area contributed by atoms with E-state index in [0.717, 1.165) is 16.6 Å². The van der Waals surface area contributed by atoms with E-state index in [1.54, 1.807) is 30.3 Å². The lowest BCUT2D eigenvalue weighted by atomic mass is 9.70.